The van der Waals surface area contributed by atoms with Crippen LogP contribution >= 0.6 is 0 Å². The number of halogens is 1. The molecule has 0 spiro atoms. The highest BCUT2D eigenvalue weighted by atomic mass is 19.1. The molecular formula is C20H19FN2O2. The van der Waals surface area contributed by atoms with E-state index in [-0.39, 0.29) is 11.5 Å². The average molecular weight is 338 g/mol. The number of aromatic nitrogens is 2. The van der Waals surface area contributed by atoms with Gasteiger partial charge < -0.3 is 4.74 Å². The van der Waals surface area contributed by atoms with Gasteiger partial charge in [-0.2, -0.15) is 5.10 Å². The van der Waals surface area contributed by atoms with Gasteiger partial charge >= 0.3 is 5.97 Å². The number of ether oxygens (including phenoxy) is 1. The summed E-state index contributed by atoms with van der Waals surface area (Å²) in [4.78, 5) is 11.9. The number of nitrogens with zero attached hydrogens (tertiary/aromatic N) is 2. The summed E-state index contributed by atoms with van der Waals surface area (Å²) in [7, 11) is 1.33. The molecular weight excluding hydrogens is 319 g/mol. The zero-order valence-electron chi connectivity index (χ0n) is 14.4. The van der Waals surface area contributed by atoms with Crippen LogP contribution in [0.2, 0.25) is 0 Å². The molecule has 3 rings (SSSR count). The monoisotopic (exact) mass is 338 g/mol. The van der Waals surface area contributed by atoms with Crippen LogP contribution in [0.5, 0.6) is 0 Å². The predicted molar refractivity (Wildman–Crippen MR) is 94.0 cm³/mol. The highest BCUT2D eigenvalue weighted by Gasteiger charge is 2.16. The smallest absolute Gasteiger partial charge is 0.358 e. The van der Waals surface area contributed by atoms with Gasteiger partial charge in [0.05, 0.1) is 19.3 Å². The number of rotatable bonds is 4. The minimum atomic E-state index is -0.483. The highest BCUT2D eigenvalue weighted by Crippen LogP contribution is 2.24. The molecule has 128 valence electrons. The molecule has 1 aromatic heterocycles. The van der Waals surface area contributed by atoms with Gasteiger partial charge in [0.1, 0.15) is 5.82 Å². The fourth-order valence-electron chi connectivity index (χ4n) is 2.64. The lowest BCUT2D eigenvalue weighted by atomic mass is 10.0. The molecule has 5 heteroatoms. The SMILES string of the molecule is COC(=O)c1cc(-c2ccc(C)c(C)c2)n(Cc2ccc(F)cc2)n1. The van der Waals surface area contributed by atoms with E-state index < -0.39 is 5.97 Å². The quantitative estimate of drug-likeness (QED) is 0.672. The summed E-state index contributed by atoms with van der Waals surface area (Å²) in [5, 5.41) is 4.38. The maximum Gasteiger partial charge on any atom is 0.358 e. The Balaban J connectivity index is 2.05. The molecule has 0 aliphatic heterocycles. The van der Waals surface area contributed by atoms with Gasteiger partial charge in [-0.3, -0.25) is 4.68 Å². The van der Waals surface area contributed by atoms with Gasteiger partial charge in [-0.05, 0) is 54.8 Å². The molecule has 0 atom stereocenters. The molecule has 0 amide bonds. The first-order valence-electron chi connectivity index (χ1n) is 7.96. The lowest BCUT2D eigenvalue weighted by Gasteiger charge is -2.09. The van der Waals surface area contributed by atoms with E-state index in [1.165, 1.54) is 24.8 Å². The van der Waals surface area contributed by atoms with Crippen LogP contribution in [0.15, 0.2) is 48.5 Å². The summed E-state index contributed by atoms with van der Waals surface area (Å²) in [6.07, 6.45) is 0. The maximum absolute atomic E-state index is 13.1. The molecule has 0 saturated heterocycles. The van der Waals surface area contributed by atoms with E-state index in [0.29, 0.717) is 6.54 Å². The van der Waals surface area contributed by atoms with E-state index in [1.807, 2.05) is 19.1 Å². The summed E-state index contributed by atoms with van der Waals surface area (Å²) in [6.45, 7) is 4.52. The first-order valence-corrected chi connectivity index (χ1v) is 7.96. The van der Waals surface area contributed by atoms with Crippen molar-refractivity contribution in [3.05, 3.63) is 76.7 Å². The molecule has 4 nitrogen and oxygen atoms in total. The molecule has 0 bridgehead atoms. The van der Waals surface area contributed by atoms with E-state index in [1.54, 1.807) is 22.9 Å². The summed E-state index contributed by atoms with van der Waals surface area (Å²) in [6, 6.07) is 14.1. The number of aryl methyl sites for hydroxylation is 2. The lowest BCUT2D eigenvalue weighted by Crippen LogP contribution is -2.07. The largest absolute Gasteiger partial charge is 0.464 e. The number of esters is 1. The van der Waals surface area contributed by atoms with Crippen molar-refractivity contribution in [1.82, 2.24) is 9.78 Å². The maximum atomic E-state index is 13.1. The van der Waals surface area contributed by atoms with E-state index >= 15 is 0 Å². The van der Waals surface area contributed by atoms with Crippen molar-refractivity contribution in [2.24, 2.45) is 0 Å². The van der Waals surface area contributed by atoms with Crippen LogP contribution in [0.25, 0.3) is 11.3 Å². The van der Waals surface area contributed by atoms with Gasteiger partial charge in [-0.25, -0.2) is 9.18 Å². The van der Waals surface area contributed by atoms with Crippen molar-refractivity contribution in [2.75, 3.05) is 7.11 Å². The zero-order chi connectivity index (χ0) is 18.0. The fraction of sp³-hybridized carbons (Fsp3) is 0.200. The predicted octanol–water partition coefficient (Wildman–Crippen LogP) is 4.14. The molecule has 2 aromatic carbocycles. The zero-order valence-corrected chi connectivity index (χ0v) is 14.4. The molecule has 0 fully saturated rings. The van der Waals surface area contributed by atoms with Gasteiger partial charge in [-0.1, -0.05) is 24.3 Å². The van der Waals surface area contributed by atoms with Gasteiger partial charge in [-0.15, -0.1) is 0 Å². The molecule has 0 N–H and O–H groups in total. The summed E-state index contributed by atoms with van der Waals surface area (Å²) < 4.78 is 19.6. The summed E-state index contributed by atoms with van der Waals surface area (Å²) >= 11 is 0. The first-order chi connectivity index (χ1) is 12.0. The molecule has 0 aliphatic carbocycles. The Morgan fingerprint density at radius 2 is 1.80 bits per heavy atom. The van der Waals surface area contributed by atoms with Crippen LogP contribution in [0.3, 0.4) is 0 Å². The second-order valence-electron chi connectivity index (χ2n) is 5.99. The summed E-state index contributed by atoms with van der Waals surface area (Å²) in [5.74, 6) is -0.767. The molecule has 3 aromatic rings. The minimum Gasteiger partial charge on any atom is -0.464 e. The van der Waals surface area contributed by atoms with E-state index in [9.17, 15) is 9.18 Å². The second kappa shape index (κ2) is 6.89. The Hall–Kier alpha value is -2.95. The molecule has 1 heterocycles. The number of carbonyl (C=O) groups is 1. The Morgan fingerprint density at radius 1 is 1.08 bits per heavy atom. The van der Waals surface area contributed by atoms with Gasteiger partial charge in [0, 0.05) is 5.56 Å². The fourth-order valence-corrected chi connectivity index (χ4v) is 2.64. The topological polar surface area (TPSA) is 44.1 Å². The van der Waals surface area contributed by atoms with Crippen LogP contribution in [-0.2, 0) is 11.3 Å². The van der Waals surface area contributed by atoms with Crippen LogP contribution in [0.1, 0.15) is 27.2 Å². The number of carbonyl (C=O) groups excluding carboxylic acids is 1. The van der Waals surface area contributed by atoms with Crippen LogP contribution in [0, 0.1) is 19.7 Å². The lowest BCUT2D eigenvalue weighted by molar-refractivity contribution is 0.0593. The van der Waals surface area contributed by atoms with Crippen molar-refractivity contribution in [3.63, 3.8) is 0 Å². The Bertz CT molecular complexity index is 914. The van der Waals surface area contributed by atoms with Crippen LogP contribution < -0.4 is 0 Å². The highest BCUT2D eigenvalue weighted by molar-refractivity contribution is 5.88. The third-order valence-electron chi connectivity index (χ3n) is 4.22. The summed E-state index contributed by atoms with van der Waals surface area (Å²) in [5.41, 5.74) is 5.28. The normalized spacial score (nSPS) is 10.7. The third-order valence-corrected chi connectivity index (χ3v) is 4.22. The third kappa shape index (κ3) is 3.60. The van der Waals surface area contributed by atoms with Crippen molar-refractivity contribution in [2.45, 2.75) is 20.4 Å². The number of methoxy groups -OCH3 is 1. The number of hydrogen-bond donors (Lipinski definition) is 0. The van der Waals surface area contributed by atoms with Crippen molar-refractivity contribution in [1.29, 1.82) is 0 Å². The van der Waals surface area contributed by atoms with Crippen LogP contribution in [0.4, 0.5) is 4.39 Å². The van der Waals surface area contributed by atoms with Crippen LogP contribution in [-0.4, -0.2) is 22.9 Å². The standard InChI is InChI=1S/C20H19FN2O2/c1-13-4-7-16(10-14(13)2)19-11-18(20(24)25-3)22-23(19)12-15-5-8-17(21)9-6-15/h4-11H,12H2,1-3H3. The first kappa shape index (κ1) is 16.9. The van der Waals surface area contributed by atoms with Gasteiger partial charge in [0.2, 0.25) is 0 Å². The van der Waals surface area contributed by atoms with Crippen molar-refractivity contribution in [3.8, 4) is 11.3 Å². The Kier molecular flexibility index (Phi) is 4.65. The Labute approximate surface area is 145 Å². The molecule has 25 heavy (non-hydrogen) atoms. The molecule has 0 saturated carbocycles. The Morgan fingerprint density at radius 3 is 2.44 bits per heavy atom. The van der Waals surface area contributed by atoms with E-state index in [4.69, 9.17) is 4.74 Å². The number of hydrogen-bond acceptors (Lipinski definition) is 3. The molecule has 0 aliphatic rings. The van der Waals surface area contributed by atoms with Gasteiger partial charge in [0.15, 0.2) is 5.69 Å². The van der Waals surface area contributed by atoms with Crippen molar-refractivity contribution >= 4 is 5.97 Å². The second-order valence-corrected chi connectivity index (χ2v) is 5.99. The van der Waals surface area contributed by atoms with Crippen molar-refractivity contribution < 1.29 is 13.9 Å². The molecule has 0 radical (unpaired) electrons. The minimum absolute atomic E-state index is 0.248. The van der Waals surface area contributed by atoms with Gasteiger partial charge in [0.25, 0.3) is 0 Å². The molecule has 0 unspecified atom stereocenters. The average Bonchev–Trinajstić information content (AvgIpc) is 3.02. The van der Waals surface area contributed by atoms with E-state index in [2.05, 4.69) is 18.1 Å². The van der Waals surface area contributed by atoms with E-state index in [0.717, 1.165) is 22.4 Å². The number of benzene rings is 2.